The number of hydrogen-bond acceptors (Lipinski definition) is 8. The number of methoxy groups -OCH3 is 1. The van der Waals surface area contributed by atoms with Crippen molar-refractivity contribution in [1.82, 2.24) is 9.66 Å². The Bertz CT molecular complexity index is 1790. The second-order valence-electron chi connectivity index (χ2n) is 9.97. The minimum Gasteiger partial charge on any atom is -0.493 e. The smallest absolute Gasteiger partial charge is 0.315 e. The summed E-state index contributed by atoms with van der Waals surface area (Å²) in [5.41, 5.74) is -0.0755. The lowest BCUT2D eigenvalue weighted by atomic mass is 9.88. The van der Waals surface area contributed by atoms with E-state index in [2.05, 4.69) is 26.3 Å². The van der Waals surface area contributed by atoms with E-state index in [0.29, 0.717) is 16.7 Å². The standard InChI is InChI=1S/C30H27BrFN5O6/c1-42-26-14-18(13-25(37(40)41)28(26)43-17-27(38)34-24-10-6-5-9-22(24)32)16-33-36-29(19-7-3-2-4-8-19)35-23-12-11-20(31)15-21(23)30(36)39/h5-6,9-16,19H,2-4,7-8,17H2,1H3,(H,34,38). The van der Waals surface area contributed by atoms with Gasteiger partial charge in [-0.2, -0.15) is 9.78 Å². The second kappa shape index (κ2) is 13.1. The van der Waals surface area contributed by atoms with Gasteiger partial charge in [0.1, 0.15) is 11.6 Å². The van der Waals surface area contributed by atoms with Crippen molar-refractivity contribution in [2.45, 2.75) is 38.0 Å². The molecule has 0 bridgehead atoms. The first kappa shape index (κ1) is 29.8. The Morgan fingerprint density at radius 1 is 1.21 bits per heavy atom. The number of halogens is 2. The van der Waals surface area contributed by atoms with Crippen LogP contribution in [0.25, 0.3) is 10.9 Å². The third kappa shape index (κ3) is 6.72. The molecule has 1 amide bonds. The normalized spacial score (nSPS) is 13.7. The molecule has 0 unspecified atom stereocenters. The van der Waals surface area contributed by atoms with Crippen molar-refractivity contribution in [2.75, 3.05) is 19.0 Å². The lowest BCUT2D eigenvalue weighted by Gasteiger charge is -2.22. The molecule has 1 aliphatic carbocycles. The average molecular weight is 652 g/mol. The molecular weight excluding hydrogens is 625 g/mol. The molecule has 222 valence electrons. The number of carbonyl (C=O) groups excluding carboxylic acids is 1. The summed E-state index contributed by atoms with van der Waals surface area (Å²) in [6, 6.07) is 13.5. The molecule has 3 aromatic carbocycles. The van der Waals surface area contributed by atoms with Crippen LogP contribution in [0.4, 0.5) is 15.8 Å². The predicted molar refractivity (Wildman–Crippen MR) is 163 cm³/mol. The van der Waals surface area contributed by atoms with Gasteiger partial charge in [-0.25, -0.2) is 9.37 Å². The summed E-state index contributed by atoms with van der Waals surface area (Å²) >= 11 is 3.40. The number of para-hydroxylation sites is 1. The maximum Gasteiger partial charge on any atom is 0.315 e. The van der Waals surface area contributed by atoms with Crippen LogP contribution < -0.4 is 20.3 Å². The molecule has 0 saturated heterocycles. The van der Waals surface area contributed by atoms with Crippen LogP contribution in [0.1, 0.15) is 49.4 Å². The van der Waals surface area contributed by atoms with E-state index in [4.69, 9.17) is 14.5 Å². The van der Waals surface area contributed by atoms with Crippen LogP contribution in [0.3, 0.4) is 0 Å². The Hall–Kier alpha value is -4.65. The highest BCUT2D eigenvalue weighted by Crippen LogP contribution is 2.38. The number of carbonyl (C=O) groups is 1. The molecule has 0 aliphatic heterocycles. The first-order chi connectivity index (χ1) is 20.7. The van der Waals surface area contributed by atoms with Crippen LogP contribution in [0.15, 0.2) is 69.0 Å². The van der Waals surface area contributed by atoms with Crippen molar-refractivity contribution in [1.29, 1.82) is 0 Å². The molecule has 1 aromatic heterocycles. The fourth-order valence-electron chi connectivity index (χ4n) is 5.03. The Morgan fingerprint density at radius 3 is 2.70 bits per heavy atom. The van der Waals surface area contributed by atoms with E-state index < -0.39 is 28.9 Å². The molecule has 0 radical (unpaired) electrons. The number of anilines is 1. The number of nitrogens with one attached hydrogen (secondary N) is 1. The zero-order chi connectivity index (χ0) is 30.5. The van der Waals surface area contributed by atoms with Crippen LogP contribution in [-0.2, 0) is 4.79 Å². The van der Waals surface area contributed by atoms with Gasteiger partial charge in [0.25, 0.3) is 11.5 Å². The van der Waals surface area contributed by atoms with Gasteiger partial charge in [-0.3, -0.25) is 19.7 Å². The van der Waals surface area contributed by atoms with E-state index in [1.54, 1.807) is 18.2 Å². The molecule has 0 atom stereocenters. The predicted octanol–water partition coefficient (Wildman–Crippen LogP) is 6.16. The molecule has 4 aromatic rings. The number of aromatic nitrogens is 2. The van der Waals surface area contributed by atoms with Gasteiger partial charge in [0, 0.05) is 22.0 Å². The highest BCUT2D eigenvalue weighted by Gasteiger charge is 2.25. The Morgan fingerprint density at radius 2 is 1.98 bits per heavy atom. The number of ether oxygens (including phenoxy) is 2. The van der Waals surface area contributed by atoms with Gasteiger partial charge in [0.05, 0.1) is 34.8 Å². The first-order valence-electron chi connectivity index (χ1n) is 13.6. The first-order valence-corrected chi connectivity index (χ1v) is 14.3. The largest absolute Gasteiger partial charge is 0.493 e. The van der Waals surface area contributed by atoms with E-state index in [9.17, 15) is 24.1 Å². The summed E-state index contributed by atoms with van der Waals surface area (Å²) in [4.78, 5) is 42.1. The van der Waals surface area contributed by atoms with E-state index in [1.165, 1.54) is 48.3 Å². The zero-order valence-electron chi connectivity index (χ0n) is 23.1. The lowest BCUT2D eigenvalue weighted by molar-refractivity contribution is -0.385. The zero-order valence-corrected chi connectivity index (χ0v) is 24.7. The van der Waals surface area contributed by atoms with Crippen molar-refractivity contribution in [3.63, 3.8) is 0 Å². The van der Waals surface area contributed by atoms with Gasteiger partial charge < -0.3 is 14.8 Å². The number of rotatable bonds is 9. The summed E-state index contributed by atoms with van der Waals surface area (Å²) < 4.78 is 26.7. The number of amides is 1. The van der Waals surface area contributed by atoms with Crippen molar-refractivity contribution in [2.24, 2.45) is 5.10 Å². The Balaban J connectivity index is 1.48. The van der Waals surface area contributed by atoms with Crippen LogP contribution in [0.5, 0.6) is 11.5 Å². The Kier molecular flexibility index (Phi) is 9.10. The number of benzene rings is 3. The van der Waals surface area contributed by atoms with Crippen molar-refractivity contribution in [3.8, 4) is 11.5 Å². The topological polar surface area (TPSA) is 138 Å². The molecule has 43 heavy (non-hydrogen) atoms. The molecule has 11 nitrogen and oxygen atoms in total. The van der Waals surface area contributed by atoms with Crippen molar-refractivity contribution < 1.29 is 23.6 Å². The van der Waals surface area contributed by atoms with E-state index in [0.717, 1.165) is 36.6 Å². The molecule has 1 fully saturated rings. The van der Waals surface area contributed by atoms with Gasteiger partial charge in [0.15, 0.2) is 12.4 Å². The number of nitrogens with zero attached hydrogens (tertiary/aromatic N) is 4. The maximum atomic E-state index is 13.9. The van der Waals surface area contributed by atoms with E-state index >= 15 is 0 Å². The third-order valence-electron chi connectivity index (χ3n) is 7.10. The Labute approximate surface area is 253 Å². The molecular formula is C30H27BrFN5O6. The van der Waals surface area contributed by atoms with Gasteiger partial charge >= 0.3 is 5.69 Å². The summed E-state index contributed by atoms with van der Waals surface area (Å²) in [6.45, 7) is -0.641. The monoisotopic (exact) mass is 651 g/mol. The molecule has 1 saturated carbocycles. The maximum absolute atomic E-state index is 13.9. The minimum atomic E-state index is -0.725. The van der Waals surface area contributed by atoms with Crippen LogP contribution >= 0.6 is 15.9 Å². The van der Waals surface area contributed by atoms with Gasteiger partial charge in [-0.1, -0.05) is 47.3 Å². The molecule has 1 heterocycles. The number of fused-ring (bicyclic) bond motifs is 1. The van der Waals surface area contributed by atoms with Gasteiger partial charge in [-0.05, 0) is 49.2 Å². The molecule has 1 N–H and O–H groups in total. The molecule has 5 rings (SSSR count). The highest BCUT2D eigenvalue weighted by atomic mass is 79.9. The molecule has 0 spiro atoms. The van der Waals surface area contributed by atoms with Crippen LogP contribution in [-0.4, -0.2) is 40.4 Å². The number of hydrogen-bond donors (Lipinski definition) is 1. The third-order valence-corrected chi connectivity index (χ3v) is 7.59. The summed E-state index contributed by atoms with van der Waals surface area (Å²) in [5, 5.41) is 19.2. The van der Waals surface area contributed by atoms with Gasteiger partial charge in [0.2, 0.25) is 5.75 Å². The fourth-order valence-corrected chi connectivity index (χ4v) is 5.39. The van der Waals surface area contributed by atoms with Crippen LogP contribution in [0.2, 0.25) is 0 Å². The highest BCUT2D eigenvalue weighted by molar-refractivity contribution is 9.10. The molecule has 13 heteroatoms. The van der Waals surface area contributed by atoms with Crippen molar-refractivity contribution >= 4 is 50.3 Å². The quantitative estimate of drug-likeness (QED) is 0.130. The summed E-state index contributed by atoms with van der Waals surface area (Å²) in [7, 11) is 1.29. The number of nitro benzene ring substituents is 1. The number of nitro groups is 1. The lowest BCUT2D eigenvalue weighted by Crippen LogP contribution is -2.25. The van der Waals surface area contributed by atoms with Crippen molar-refractivity contribution in [3.05, 3.63) is 96.7 Å². The SMILES string of the molecule is COc1cc(C=Nn2c(C3CCCCC3)nc3ccc(Br)cc3c2=O)cc([N+](=O)[O-])c1OCC(=O)Nc1ccccc1F. The minimum absolute atomic E-state index is 0.0326. The summed E-state index contributed by atoms with van der Waals surface area (Å²) in [5.74, 6) is -1.10. The average Bonchev–Trinajstić information content (AvgIpc) is 3.01. The fraction of sp³-hybridized carbons (Fsp3) is 0.267. The summed E-state index contributed by atoms with van der Waals surface area (Å²) in [6.07, 6.45) is 6.23. The second-order valence-corrected chi connectivity index (χ2v) is 10.9. The van der Waals surface area contributed by atoms with Gasteiger partial charge in [-0.15, -0.1) is 0 Å². The van der Waals surface area contributed by atoms with Crippen LogP contribution in [0, 0.1) is 15.9 Å². The van der Waals surface area contributed by atoms with E-state index in [-0.39, 0.29) is 34.2 Å². The molecule has 1 aliphatic rings. The van der Waals surface area contributed by atoms with E-state index in [1.807, 2.05) is 6.07 Å².